The normalized spacial score (nSPS) is 14.8. The van der Waals surface area contributed by atoms with E-state index in [-0.39, 0.29) is 12.5 Å². The Hall–Kier alpha value is -2.63. The molecule has 1 aliphatic carbocycles. The van der Waals surface area contributed by atoms with Crippen LogP contribution in [0.25, 0.3) is 0 Å². The summed E-state index contributed by atoms with van der Waals surface area (Å²) in [5.41, 5.74) is 2.55. The zero-order valence-electron chi connectivity index (χ0n) is 15.3. The van der Waals surface area contributed by atoms with Crippen LogP contribution < -0.4 is 5.32 Å². The van der Waals surface area contributed by atoms with Crippen LogP contribution >= 0.6 is 0 Å². The second-order valence-corrected chi connectivity index (χ2v) is 6.88. The van der Waals surface area contributed by atoms with E-state index in [1.54, 1.807) is 29.9 Å². The Bertz CT molecular complexity index is 774. The first kappa shape index (κ1) is 18.2. The minimum Gasteiger partial charge on any atom is -0.452 e. The standard InChI is InChI=1S/C20H25N3O3/c1-14-12-18(23(2)22-14)21-19(24)13-26-20(25)17-10-8-16(9-11-17)15-6-4-3-5-7-15/h8-12,15H,3-7,13H2,1-2H3,(H,21,24). The summed E-state index contributed by atoms with van der Waals surface area (Å²) in [6, 6.07) is 9.34. The summed E-state index contributed by atoms with van der Waals surface area (Å²) in [6.07, 6.45) is 6.32. The molecule has 0 bridgehead atoms. The van der Waals surface area contributed by atoms with E-state index in [0.29, 0.717) is 17.3 Å². The number of amides is 1. The van der Waals surface area contributed by atoms with Crippen molar-refractivity contribution in [2.45, 2.75) is 44.9 Å². The number of hydrogen-bond donors (Lipinski definition) is 1. The number of esters is 1. The molecule has 1 amide bonds. The van der Waals surface area contributed by atoms with E-state index >= 15 is 0 Å². The number of aromatic nitrogens is 2. The number of nitrogens with one attached hydrogen (secondary N) is 1. The summed E-state index contributed by atoms with van der Waals surface area (Å²) in [4.78, 5) is 24.1. The van der Waals surface area contributed by atoms with Crippen molar-refractivity contribution in [2.75, 3.05) is 11.9 Å². The Balaban J connectivity index is 1.51. The van der Waals surface area contributed by atoms with Gasteiger partial charge in [-0.05, 0) is 43.4 Å². The Labute approximate surface area is 153 Å². The summed E-state index contributed by atoms with van der Waals surface area (Å²) in [5.74, 6) is 0.291. The van der Waals surface area contributed by atoms with E-state index in [4.69, 9.17) is 4.74 Å². The Morgan fingerprint density at radius 3 is 2.50 bits per heavy atom. The molecule has 1 saturated carbocycles. The summed E-state index contributed by atoms with van der Waals surface area (Å²) in [5, 5.41) is 6.82. The second-order valence-electron chi connectivity index (χ2n) is 6.88. The van der Waals surface area contributed by atoms with E-state index in [2.05, 4.69) is 10.4 Å². The van der Waals surface area contributed by atoms with Crippen molar-refractivity contribution in [1.29, 1.82) is 0 Å². The molecule has 0 aliphatic heterocycles. The molecule has 0 spiro atoms. The van der Waals surface area contributed by atoms with Gasteiger partial charge in [-0.3, -0.25) is 9.48 Å². The van der Waals surface area contributed by atoms with Crippen LogP contribution in [-0.2, 0) is 16.6 Å². The van der Waals surface area contributed by atoms with Crippen LogP contribution in [0.5, 0.6) is 0 Å². The lowest BCUT2D eigenvalue weighted by Crippen LogP contribution is -2.22. The lowest BCUT2D eigenvalue weighted by Gasteiger charge is -2.21. The number of ether oxygens (including phenoxy) is 1. The predicted molar refractivity (Wildman–Crippen MR) is 99.1 cm³/mol. The average Bonchev–Trinajstić information content (AvgIpc) is 2.97. The molecule has 6 nitrogen and oxygen atoms in total. The van der Waals surface area contributed by atoms with Gasteiger partial charge in [0.25, 0.3) is 5.91 Å². The van der Waals surface area contributed by atoms with Crippen LogP contribution in [0.3, 0.4) is 0 Å². The quantitative estimate of drug-likeness (QED) is 0.832. The van der Waals surface area contributed by atoms with Gasteiger partial charge in [-0.1, -0.05) is 31.4 Å². The van der Waals surface area contributed by atoms with Gasteiger partial charge < -0.3 is 10.1 Å². The van der Waals surface area contributed by atoms with Gasteiger partial charge in [0.15, 0.2) is 6.61 Å². The molecule has 1 aliphatic rings. The number of benzene rings is 1. The first-order valence-corrected chi connectivity index (χ1v) is 9.10. The van der Waals surface area contributed by atoms with Crippen LogP contribution in [0.2, 0.25) is 0 Å². The average molecular weight is 355 g/mol. The van der Waals surface area contributed by atoms with Crippen LogP contribution in [-0.4, -0.2) is 28.3 Å². The fourth-order valence-corrected chi connectivity index (χ4v) is 3.45. The molecule has 2 aromatic rings. The Morgan fingerprint density at radius 2 is 1.88 bits per heavy atom. The lowest BCUT2D eigenvalue weighted by molar-refractivity contribution is -0.119. The predicted octanol–water partition coefficient (Wildman–Crippen LogP) is 3.57. The van der Waals surface area contributed by atoms with Crippen molar-refractivity contribution in [2.24, 2.45) is 7.05 Å². The SMILES string of the molecule is Cc1cc(NC(=O)COC(=O)c2ccc(C3CCCCC3)cc2)n(C)n1. The second kappa shape index (κ2) is 8.17. The number of hydrogen-bond acceptors (Lipinski definition) is 4. The molecule has 3 rings (SSSR count). The summed E-state index contributed by atoms with van der Waals surface area (Å²) in [6.45, 7) is 1.51. The number of rotatable bonds is 5. The molecule has 1 aromatic carbocycles. The van der Waals surface area contributed by atoms with Crippen molar-refractivity contribution in [3.8, 4) is 0 Å². The molecule has 6 heteroatoms. The third-order valence-electron chi connectivity index (χ3n) is 4.83. The first-order chi connectivity index (χ1) is 12.5. The largest absolute Gasteiger partial charge is 0.452 e. The molecule has 0 atom stereocenters. The van der Waals surface area contributed by atoms with Crippen molar-refractivity contribution < 1.29 is 14.3 Å². The Kier molecular flexibility index (Phi) is 5.71. The fraction of sp³-hybridized carbons (Fsp3) is 0.450. The van der Waals surface area contributed by atoms with Gasteiger partial charge in [0.2, 0.25) is 0 Å². The zero-order valence-corrected chi connectivity index (χ0v) is 15.3. The van der Waals surface area contributed by atoms with E-state index in [1.807, 2.05) is 19.1 Å². The molecule has 0 unspecified atom stereocenters. The highest BCUT2D eigenvalue weighted by molar-refractivity contribution is 5.95. The molecule has 0 saturated heterocycles. The van der Waals surface area contributed by atoms with Gasteiger partial charge in [-0.15, -0.1) is 0 Å². The van der Waals surface area contributed by atoms with E-state index in [9.17, 15) is 9.59 Å². The molecular formula is C20H25N3O3. The van der Waals surface area contributed by atoms with Gasteiger partial charge in [0, 0.05) is 13.1 Å². The molecule has 26 heavy (non-hydrogen) atoms. The van der Waals surface area contributed by atoms with Gasteiger partial charge in [-0.25, -0.2) is 4.79 Å². The molecule has 1 fully saturated rings. The third-order valence-corrected chi connectivity index (χ3v) is 4.83. The van der Waals surface area contributed by atoms with Crippen molar-refractivity contribution in [3.63, 3.8) is 0 Å². The smallest absolute Gasteiger partial charge is 0.338 e. The van der Waals surface area contributed by atoms with Crippen LogP contribution in [0, 0.1) is 6.92 Å². The van der Waals surface area contributed by atoms with Crippen LogP contribution in [0.4, 0.5) is 5.82 Å². The monoisotopic (exact) mass is 355 g/mol. The fourth-order valence-electron chi connectivity index (χ4n) is 3.45. The topological polar surface area (TPSA) is 73.2 Å². The van der Waals surface area contributed by atoms with E-state index in [1.165, 1.54) is 37.7 Å². The number of aryl methyl sites for hydroxylation is 2. The molecule has 138 valence electrons. The highest BCUT2D eigenvalue weighted by atomic mass is 16.5. The minimum atomic E-state index is -0.489. The van der Waals surface area contributed by atoms with Gasteiger partial charge >= 0.3 is 5.97 Å². The third kappa shape index (κ3) is 4.50. The lowest BCUT2D eigenvalue weighted by atomic mass is 9.84. The van der Waals surface area contributed by atoms with Crippen molar-refractivity contribution in [1.82, 2.24) is 9.78 Å². The van der Waals surface area contributed by atoms with E-state index in [0.717, 1.165) is 5.69 Å². The molecule has 1 N–H and O–H groups in total. The molecular weight excluding hydrogens is 330 g/mol. The molecule has 1 heterocycles. The highest BCUT2D eigenvalue weighted by Crippen LogP contribution is 2.32. The summed E-state index contributed by atoms with van der Waals surface area (Å²) >= 11 is 0. The van der Waals surface area contributed by atoms with Crippen molar-refractivity contribution in [3.05, 3.63) is 47.2 Å². The molecule has 0 radical (unpaired) electrons. The van der Waals surface area contributed by atoms with Crippen molar-refractivity contribution >= 4 is 17.7 Å². The maximum atomic E-state index is 12.1. The molecule has 1 aromatic heterocycles. The number of carbonyl (C=O) groups is 2. The Morgan fingerprint density at radius 1 is 1.19 bits per heavy atom. The minimum absolute atomic E-state index is 0.326. The summed E-state index contributed by atoms with van der Waals surface area (Å²) < 4.78 is 6.68. The van der Waals surface area contributed by atoms with Gasteiger partial charge in [-0.2, -0.15) is 5.10 Å². The van der Waals surface area contributed by atoms with Crippen LogP contribution in [0.1, 0.15) is 59.6 Å². The number of carbonyl (C=O) groups excluding carboxylic acids is 2. The maximum absolute atomic E-state index is 12.1. The van der Waals surface area contributed by atoms with Gasteiger partial charge in [0.1, 0.15) is 5.82 Å². The maximum Gasteiger partial charge on any atom is 0.338 e. The first-order valence-electron chi connectivity index (χ1n) is 9.10. The highest BCUT2D eigenvalue weighted by Gasteiger charge is 2.17. The zero-order chi connectivity index (χ0) is 18.5. The van der Waals surface area contributed by atoms with E-state index < -0.39 is 5.97 Å². The number of anilines is 1. The van der Waals surface area contributed by atoms with Gasteiger partial charge in [0.05, 0.1) is 11.3 Å². The number of nitrogens with zero attached hydrogens (tertiary/aromatic N) is 2. The summed E-state index contributed by atoms with van der Waals surface area (Å²) in [7, 11) is 1.74. The van der Waals surface area contributed by atoms with Crippen LogP contribution in [0.15, 0.2) is 30.3 Å².